The molecule has 1 saturated carbocycles. The summed E-state index contributed by atoms with van der Waals surface area (Å²) in [5.41, 5.74) is 0.879. The molecular formula is C18H25N3O2. The number of aromatic nitrogens is 1. The summed E-state index contributed by atoms with van der Waals surface area (Å²) in [6.07, 6.45) is 6.09. The lowest BCUT2D eigenvalue weighted by Crippen LogP contribution is -2.45. The molecule has 124 valence electrons. The largest absolute Gasteiger partial charge is 0.342 e. The van der Waals surface area contributed by atoms with Crippen LogP contribution in [0.3, 0.4) is 0 Å². The molecule has 0 unspecified atom stereocenters. The molecule has 2 fully saturated rings. The summed E-state index contributed by atoms with van der Waals surface area (Å²) in [5, 5.41) is 2.89. The van der Waals surface area contributed by atoms with Gasteiger partial charge in [-0.05, 0) is 44.7 Å². The van der Waals surface area contributed by atoms with Gasteiger partial charge in [0.2, 0.25) is 11.8 Å². The number of nitrogens with one attached hydrogen (secondary N) is 1. The number of rotatable bonds is 3. The minimum atomic E-state index is -0.128. The number of piperidine rings is 1. The molecule has 0 spiro atoms. The first-order valence-corrected chi connectivity index (χ1v) is 8.67. The maximum absolute atomic E-state index is 12.6. The SMILES string of the molecule is Cc1cccc(NC(=O)[C@H]2CCCN(C(=O)C3CCCC3)C2)n1. The monoisotopic (exact) mass is 315 g/mol. The van der Waals surface area contributed by atoms with Crippen LogP contribution in [0.1, 0.15) is 44.2 Å². The Labute approximate surface area is 137 Å². The molecule has 2 aliphatic rings. The van der Waals surface area contributed by atoms with E-state index in [1.807, 2.05) is 24.0 Å². The van der Waals surface area contributed by atoms with Crippen LogP contribution in [0, 0.1) is 18.8 Å². The summed E-state index contributed by atoms with van der Waals surface area (Å²) in [4.78, 5) is 31.3. The van der Waals surface area contributed by atoms with Crippen molar-refractivity contribution in [2.24, 2.45) is 11.8 Å². The molecule has 0 aromatic carbocycles. The van der Waals surface area contributed by atoms with Crippen LogP contribution in [0.15, 0.2) is 18.2 Å². The van der Waals surface area contributed by atoms with Gasteiger partial charge in [0.05, 0.1) is 5.92 Å². The molecule has 1 saturated heterocycles. The average molecular weight is 315 g/mol. The van der Waals surface area contributed by atoms with E-state index >= 15 is 0 Å². The number of hydrogen-bond donors (Lipinski definition) is 1. The van der Waals surface area contributed by atoms with Crippen molar-refractivity contribution < 1.29 is 9.59 Å². The lowest BCUT2D eigenvalue weighted by molar-refractivity contribution is -0.138. The second kappa shape index (κ2) is 7.11. The summed E-state index contributed by atoms with van der Waals surface area (Å²) < 4.78 is 0. The first-order chi connectivity index (χ1) is 11.1. The van der Waals surface area contributed by atoms with Gasteiger partial charge in [-0.2, -0.15) is 0 Å². The van der Waals surface area contributed by atoms with Gasteiger partial charge in [0.1, 0.15) is 5.82 Å². The van der Waals surface area contributed by atoms with Gasteiger partial charge in [0.15, 0.2) is 0 Å². The molecule has 2 heterocycles. The number of amides is 2. The molecule has 5 heteroatoms. The Morgan fingerprint density at radius 1 is 1.13 bits per heavy atom. The summed E-state index contributed by atoms with van der Waals surface area (Å²) in [6.45, 7) is 3.24. The van der Waals surface area contributed by atoms with Gasteiger partial charge in [-0.25, -0.2) is 4.98 Å². The maximum Gasteiger partial charge on any atom is 0.230 e. The molecule has 2 amide bonds. The van der Waals surface area contributed by atoms with Crippen LogP contribution in [-0.4, -0.2) is 34.8 Å². The predicted molar refractivity (Wildman–Crippen MR) is 88.9 cm³/mol. The lowest BCUT2D eigenvalue weighted by Gasteiger charge is -2.33. The molecule has 23 heavy (non-hydrogen) atoms. The van der Waals surface area contributed by atoms with Crippen LogP contribution in [0.2, 0.25) is 0 Å². The third kappa shape index (κ3) is 3.89. The van der Waals surface area contributed by atoms with Crippen molar-refractivity contribution in [3.63, 3.8) is 0 Å². The van der Waals surface area contributed by atoms with E-state index in [2.05, 4.69) is 10.3 Å². The van der Waals surface area contributed by atoms with E-state index in [1.54, 1.807) is 6.07 Å². The molecule has 1 aliphatic heterocycles. The van der Waals surface area contributed by atoms with Crippen LogP contribution in [-0.2, 0) is 9.59 Å². The Bertz CT molecular complexity index is 581. The zero-order valence-corrected chi connectivity index (χ0v) is 13.8. The van der Waals surface area contributed by atoms with Crippen molar-refractivity contribution in [1.29, 1.82) is 0 Å². The Balaban J connectivity index is 1.59. The quantitative estimate of drug-likeness (QED) is 0.933. The Morgan fingerprint density at radius 3 is 2.61 bits per heavy atom. The predicted octanol–water partition coefficient (Wildman–Crippen LogP) is 2.76. The fourth-order valence-corrected chi connectivity index (χ4v) is 3.66. The third-order valence-electron chi connectivity index (χ3n) is 4.95. The minimum absolute atomic E-state index is 0.0213. The fourth-order valence-electron chi connectivity index (χ4n) is 3.66. The van der Waals surface area contributed by atoms with Crippen LogP contribution in [0.25, 0.3) is 0 Å². The summed E-state index contributed by atoms with van der Waals surface area (Å²) >= 11 is 0. The van der Waals surface area contributed by atoms with Gasteiger partial charge < -0.3 is 10.2 Å². The van der Waals surface area contributed by atoms with Gasteiger partial charge in [-0.15, -0.1) is 0 Å². The summed E-state index contributed by atoms with van der Waals surface area (Å²) in [5.74, 6) is 0.890. The molecular weight excluding hydrogens is 290 g/mol. The number of carbonyl (C=O) groups excluding carboxylic acids is 2. The Morgan fingerprint density at radius 2 is 1.87 bits per heavy atom. The van der Waals surface area contributed by atoms with Crippen LogP contribution >= 0.6 is 0 Å². The Kier molecular flexibility index (Phi) is 4.94. The smallest absolute Gasteiger partial charge is 0.230 e. The van der Waals surface area contributed by atoms with Gasteiger partial charge in [0, 0.05) is 24.7 Å². The number of carbonyl (C=O) groups is 2. The van der Waals surface area contributed by atoms with Gasteiger partial charge in [0.25, 0.3) is 0 Å². The lowest BCUT2D eigenvalue weighted by atomic mass is 9.95. The maximum atomic E-state index is 12.6. The van der Waals surface area contributed by atoms with Gasteiger partial charge >= 0.3 is 0 Å². The van der Waals surface area contributed by atoms with E-state index in [1.165, 1.54) is 0 Å². The molecule has 0 radical (unpaired) electrons. The van der Waals surface area contributed by atoms with E-state index in [4.69, 9.17) is 0 Å². The van der Waals surface area contributed by atoms with E-state index < -0.39 is 0 Å². The number of likely N-dealkylation sites (tertiary alicyclic amines) is 1. The van der Waals surface area contributed by atoms with Gasteiger partial charge in [-0.3, -0.25) is 9.59 Å². The average Bonchev–Trinajstić information content (AvgIpc) is 3.09. The standard InChI is InChI=1S/C18H25N3O2/c1-13-6-4-10-16(19-13)20-17(22)15-9-5-11-21(12-15)18(23)14-7-2-3-8-14/h4,6,10,14-15H,2-3,5,7-9,11-12H2,1H3,(H,19,20,22)/t15-/m0/s1. The minimum Gasteiger partial charge on any atom is -0.342 e. The highest BCUT2D eigenvalue weighted by atomic mass is 16.2. The van der Waals surface area contributed by atoms with Crippen molar-refractivity contribution in [3.8, 4) is 0 Å². The van der Waals surface area contributed by atoms with Crippen molar-refractivity contribution >= 4 is 17.6 Å². The molecule has 1 N–H and O–H groups in total. The molecule has 1 aromatic rings. The van der Waals surface area contributed by atoms with Crippen molar-refractivity contribution in [2.75, 3.05) is 18.4 Å². The van der Waals surface area contributed by atoms with Crippen LogP contribution in [0.5, 0.6) is 0 Å². The fraction of sp³-hybridized carbons (Fsp3) is 0.611. The van der Waals surface area contributed by atoms with E-state index in [-0.39, 0.29) is 23.7 Å². The first kappa shape index (κ1) is 16.0. The molecule has 5 nitrogen and oxygen atoms in total. The summed E-state index contributed by atoms with van der Waals surface area (Å²) in [6, 6.07) is 5.59. The highest BCUT2D eigenvalue weighted by Crippen LogP contribution is 2.28. The zero-order chi connectivity index (χ0) is 16.2. The molecule has 0 bridgehead atoms. The second-order valence-corrected chi connectivity index (χ2v) is 6.76. The molecule has 1 aliphatic carbocycles. The van der Waals surface area contributed by atoms with Crippen molar-refractivity contribution in [3.05, 3.63) is 23.9 Å². The highest BCUT2D eigenvalue weighted by Gasteiger charge is 2.32. The number of pyridine rings is 1. The number of hydrogen-bond acceptors (Lipinski definition) is 3. The topological polar surface area (TPSA) is 62.3 Å². The normalized spacial score (nSPS) is 22.1. The van der Waals surface area contributed by atoms with Crippen molar-refractivity contribution in [1.82, 2.24) is 9.88 Å². The van der Waals surface area contributed by atoms with Crippen LogP contribution < -0.4 is 5.32 Å². The van der Waals surface area contributed by atoms with Crippen LogP contribution in [0.4, 0.5) is 5.82 Å². The van der Waals surface area contributed by atoms with Crippen molar-refractivity contribution in [2.45, 2.75) is 45.4 Å². The molecule has 1 atom stereocenters. The first-order valence-electron chi connectivity index (χ1n) is 8.67. The Hall–Kier alpha value is -1.91. The number of anilines is 1. The number of nitrogens with zero attached hydrogens (tertiary/aromatic N) is 2. The second-order valence-electron chi connectivity index (χ2n) is 6.76. The van der Waals surface area contributed by atoms with Gasteiger partial charge in [-0.1, -0.05) is 18.9 Å². The summed E-state index contributed by atoms with van der Waals surface area (Å²) in [7, 11) is 0. The zero-order valence-electron chi connectivity index (χ0n) is 13.8. The third-order valence-corrected chi connectivity index (χ3v) is 4.95. The van der Waals surface area contributed by atoms with E-state index in [0.29, 0.717) is 12.4 Å². The molecule has 3 rings (SSSR count). The highest BCUT2D eigenvalue weighted by molar-refractivity contribution is 5.92. The van der Waals surface area contributed by atoms with E-state index in [9.17, 15) is 9.59 Å². The van der Waals surface area contributed by atoms with E-state index in [0.717, 1.165) is 50.8 Å². The number of aryl methyl sites for hydroxylation is 1. The molecule has 1 aromatic heterocycles.